The molecule has 6 heteroatoms. The fourth-order valence-electron chi connectivity index (χ4n) is 4.58. The second-order valence-electron chi connectivity index (χ2n) is 8.65. The molecule has 1 aliphatic carbocycles. The highest BCUT2D eigenvalue weighted by atomic mass is 16.5. The third-order valence-corrected chi connectivity index (χ3v) is 6.38. The van der Waals surface area contributed by atoms with E-state index in [1.54, 1.807) is 36.1 Å². The second-order valence-corrected chi connectivity index (χ2v) is 8.65. The van der Waals surface area contributed by atoms with Gasteiger partial charge < -0.3 is 15.2 Å². The van der Waals surface area contributed by atoms with Crippen LogP contribution in [0.1, 0.15) is 56.2 Å². The molecule has 0 saturated heterocycles. The van der Waals surface area contributed by atoms with Crippen LogP contribution >= 0.6 is 0 Å². The normalized spacial score (nSPS) is 19.6. The first-order valence-corrected chi connectivity index (χ1v) is 11.3. The maximum Gasteiger partial charge on any atom is 0.338 e. The average Bonchev–Trinajstić information content (AvgIpc) is 2.81. The van der Waals surface area contributed by atoms with Crippen molar-refractivity contribution in [2.75, 3.05) is 6.61 Å². The van der Waals surface area contributed by atoms with Crippen LogP contribution in [-0.2, 0) is 16.1 Å². The van der Waals surface area contributed by atoms with Gasteiger partial charge >= 0.3 is 12.0 Å². The third-order valence-electron chi connectivity index (χ3n) is 6.38. The first-order valence-electron chi connectivity index (χ1n) is 11.3. The van der Waals surface area contributed by atoms with Gasteiger partial charge in [0.1, 0.15) is 5.75 Å². The molecule has 1 heterocycles. The van der Waals surface area contributed by atoms with E-state index in [9.17, 15) is 14.7 Å². The van der Waals surface area contributed by atoms with E-state index in [1.165, 1.54) is 19.3 Å². The van der Waals surface area contributed by atoms with E-state index in [0.29, 0.717) is 35.9 Å². The monoisotopic (exact) mass is 434 g/mol. The Labute approximate surface area is 188 Å². The van der Waals surface area contributed by atoms with Crippen LogP contribution in [-0.4, -0.2) is 28.6 Å². The number of hydrogen-bond acceptors (Lipinski definition) is 4. The minimum atomic E-state index is -0.680. The fraction of sp³-hybridized carbons (Fsp3) is 0.385. The zero-order valence-corrected chi connectivity index (χ0v) is 18.4. The molecular formula is C26H30N2O4. The van der Waals surface area contributed by atoms with Gasteiger partial charge in [-0.05, 0) is 48.9 Å². The van der Waals surface area contributed by atoms with Crippen molar-refractivity contribution in [3.05, 3.63) is 77.0 Å². The van der Waals surface area contributed by atoms with Gasteiger partial charge in [0.2, 0.25) is 0 Å². The smallest absolute Gasteiger partial charge is 0.338 e. The molecule has 6 nitrogen and oxygen atoms in total. The second kappa shape index (κ2) is 9.90. The van der Waals surface area contributed by atoms with Crippen LogP contribution in [0.25, 0.3) is 0 Å². The van der Waals surface area contributed by atoms with Crippen LogP contribution in [0.15, 0.2) is 65.9 Å². The van der Waals surface area contributed by atoms with Crippen molar-refractivity contribution in [3.8, 4) is 5.75 Å². The first kappa shape index (κ1) is 21.9. The van der Waals surface area contributed by atoms with Crippen molar-refractivity contribution < 1.29 is 19.4 Å². The highest BCUT2D eigenvalue weighted by molar-refractivity contribution is 5.95. The number of esters is 1. The molecule has 1 unspecified atom stereocenters. The summed E-state index contributed by atoms with van der Waals surface area (Å²) in [6.07, 6.45) is 5.76. The van der Waals surface area contributed by atoms with Gasteiger partial charge in [0.15, 0.2) is 0 Å². The van der Waals surface area contributed by atoms with Gasteiger partial charge in [0.25, 0.3) is 0 Å². The Hall–Kier alpha value is -3.28. The van der Waals surface area contributed by atoms with E-state index in [2.05, 4.69) is 5.32 Å². The molecule has 4 rings (SSSR count). The first-order chi connectivity index (χ1) is 15.5. The number of phenols is 1. The van der Waals surface area contributed by atoms with Gasteiger partial charge in [-0.25, -0.2) is 9.59 Å². The number of nitrogens with zero attached hydrogens (tertiary/aromatic N) is 1. The zero-order chi connectivity index (χ0) is 22.5. The Morgan fingerprint density at radius 1 is 1.09 bits per heavy atom. The molecule has 1 fully saturated rings. The molecule has 0 aromatic heterocycles. The molecule has 1 aliphatic heterocycles. The molecule has 0 radical (unpaired) electrons. The van der Waals surface area contributed by atoms with Crippen molar-refractivity contribution in [3.63, 3.8) is 0 Å². The largest absolute Gasteiger partial charge is 0.508 e. The highest BCUT2D eigenvalue weighted by Gasteiger charge is 2.37. The molecule has 0 bridgehead atoms. The maximum atomic E-state index is 13.3. The van der Waals surface area contributed by atoms with Gasteiger partial charge in [-0.15, -0.1) is 0 Å². The maximum absolute atomic E-state index is 13.3. The standard InChI is InChI=1S/C26H30N2O4/c1-18-23(25(30)32-17-20-11-6-3-7-12-20)24(21-13-8-14-22(29)15-21)27-26(31)28(18)16-19-9-4-2-5-10-19/h2,4-5,8-10,13-15,20,24,29H,3,6-7,11-12,16-17H2,1H3,(H,27,31). The number of amides is 2. The van der Waals surface area contributed by atoms with E-state index in [1.807, 2.05) is 30.3 Å². The zero-order valence-electron chi connectivity index (χ0n) is 18.4. The van der Waals surface area contributed by atoms with E-state index in [-0.39, 0.29) is 11.8 Å². The fourth-order valence-corrected chi connectivity index (χ4v) is 4.58. The van der Waals surface area contributed by atoms with Crippen molar-refractivity contribution in [2.45, 2.75) is 51.6 Å². The number of phenolic OH excluding ortho intramolecular Hbond substituents is 1. The Bertz CT molecular complexity index is 996. The summed E-state index contributed by atoms with van der Waals surface area (Å²) in [5.74, 6) is 0.0574. The van der Waals surface area contributed by atoms with E-state index >= 15 is 0 Å². The van der Waals surface area contributed by atoms with Gasteiger partial charge in [0.05, 0.1) is 24.8 Å². The predicted octanol–water partition coefficient (Wildman–Crippen LogP) is 5.06. The lowest BCUT2D eigenvalue weighted by atomic mass is 9.90. The quantitative estimate of drug-likeness (QED) is 0.623. The van der Waals surface area contributed by atoms with Crippen molar-refractivity contribution >= 4 is 12.0 Å². The molecular weight excluding hydrogens is 404 g/mol. The average molecular weight is 435 g/mol. The number of ether oxygens (including phenoxy) is 1. The number of carbonyl (C=O) groups is 2. The number of benzene rings is 2. The molecule has 2 aliphatic rings. The number of urea groups is 1. The molecule has 2 aromatic rings. The minimum absolute atomic E-state index is 0.0797. The van der Waals surface area contributed by atoms with Crippen LogP contribution < -0.4 is 5.32 Å². The van der Waals surface area contributed by atoms with Crippen molar-refractivity contribution in [1.82, 2.24) is 10.2 Å². The van der Waals surface area contributed by atoms with Gasteiger partial charge in [-0.1, -0.05) is 61.7 Å². The van der Waals surface area contributed by atoms with Crippen molar-refractivity contribution in [1.29, 1.82) is 0 Å². The number of rotatable bonds is 6. The predicted molar refractivity (Wildman–Crippen MR) is 122 cm³/mol. The Balaban J connectivity index is 1.64. The summed E-state index contributed by atoms with van der Waals surface area (Å²) in [4.78, 5) is 27.9. The molecule has 2 N–H and O–H groups in total. The van der Waals surface area contributed by atoms with Crippen LogP contribution in [0, 0.1) is 5.92 Å². The van der Waals surface area contributed by atoms with Gasteiger partial charge in [-0.3, -0.25) is 4.90 Å². The van der Waals surface area contributed by atoms with Crippen LogP contribution in [0.3, 0.4) is 0 Å². The molecule has 2 aromatic carbocycles. The van der Waals surface area contributed by atoms with E-state index in [4.69, 9.17) is 4.74 Å². The lowest BCUT2D eigenvalue weighted by Crippen LogP contribution is -2.47. The number of nitrogens with one attached hydrogen (secondary N) is 1. The summed E-state index contributed by atoms with van der Waals surface area (Å²) >= 11 is 0. The minimum Gasteiger partial charge on any atom is -0.508 e. The van der Waals surface area contributed by atoms with E-state index < -0.39 is 12.0 Å². The lowest BCUT2D eigenvalue weighted by molar-refractivity contribution is -0.141. The summed E-state index contributed by atoms with van der Waals surface area (Å²) < 4.78 is 5.77. The Morgan fingerprint density at radius 2 is 1.84 bits per heavy atom. The van der Waals surface area contributed by atoms with Gasteiger partial charge in [-0.2, -0.15) is 0 Å². The number of allylic oxidation sites excluding steroid dienone is 1. The highest BCUT2D eigenvalue weighted by Crippen LogP contribution is 2.34. The summed E-state index contributed by atoms with van der Waals surface area (Å²) in [5.41, 5.74) is 2.58. The molecule has 168 valence electrons. The number of aromatic hydroxyl groups is 1. The van der Waals surface area contributed by atoms with E-state index in [0.717, 1.165) is 18.4 Å². The number of carbonyl (C=O) groups excluding carboxylic acids is 2. The lowest BCUT2D eigenvalue weighted by Gasteiger charge is -2.35. The van der Waals surface area contributed by atoms with Crippen LogP contribution in [0.5, 0.6) is 5.75 Å². The van der Waals surface area contributed by atoms with Crippen LogP contribution in [0.2, 0.25) is 0 Å². The SMILES string of the molecule is CC1=C(C(=O)OCC2CCCCC2)C(c2cccc(O)c2)NC(=O)N1Cc1ccccc1. The number of hydrogen-bond donors (Lipinski definition) is 2. The van der Waals surface area contributed by atoms with Gasteiger partial charge in [0, 0.05) is 5.70 Å². The molecule has 2 amide bonds. The molecule has 32 heavy (non-hydrogen) atoms. The molecule has 0 spiro atoms. The summed E-state index contributed by atoms with van der Waals surface area (Å²) in [6.45, 7) is 2.54. The summed E-state index contributed by atoms with van der Waals surface area (Å²) in [5, 5.41) is 12.9. The Morgan fingerprint density at radius 3 is 2.56 bits per heavy atom. The molecule has 1 saturated carbocycles. The Kier molecular flexibility index (Phi) is 6.78. The molecule has 1 atom stereocenters. The third kappa shape index (κ3) is 4.96. The summed E-state index contributed by atoms with van der Waals surface area (Å²) in [6, 6.07) is 15.3. The van der Waals surface area contributed by atoms with Crippen molar-refractivity contribution in [2.24, 2.45) is 5.92 Å². The summed E-state index contributed by atoms with van der Waals surface area (Å²) in [7, 11) is 0. The topological polar surface area (TPSA) is 78.9 Å². The van der Waals surface area contributed by atoms with Crippen LogP contribution in [0.4, 0.5) is 4.79 Å².